The second-order valence-corrected chi connectivity index (χ2v) is 6.23. The van der Waals surface area contributed by atoms with Crippen molar-refractivity contribution >= 4 is 22.7 Å². The van der Waals surface area contributed by atoms with E-state index in [1.165, 1.54) is 0 Å². The number of H-pyrrole nitrogens is 1. The second kappa shape index (κ2) is 7.44. The van der Waals surface area contributed by atoms with Gasteiger partial charge < -0.3 is 14.5 Å². The molecule has 3 rings (SSSR count). The van der Waals surface area contributed by atoms with E-state index in [1.807, 2.05) is 50.2 Å². The molecular formula is C21H21NO4. The average molecular weight is 351 g/mol. The lowest BCUT2D eigenvalue weighted by molar-refractivity contribution is -0.148. The molecule has 2 aromatic carbocycles. The minimum absolute atomic E-state index is 0.240. The van der Waals surface area contributed by atoms with Gasteiger partial charge in [-0.05, 0) is 44.0 Å². The van der Waals surface area contributed by atoms with Gasteiger partial charge in [0.05, 0.1) is 0 Å². The van der Waals surface area contributed by atoms with Crippen molar-refractivity contribution in [1.82, 2.24) is 4.98 Å². The first-order valence-corrected chi connectivity index (χ1v) is 8.46. The van der Waals surface area contributed by atoms with Crippen LogP contribution in [0, 0.1) is 13.8 Å². The van der Waals surface area contributed by atoms with Crippen molar-refractivity contribution in [1.29, 1.82) is 0 Å². The molecule has 1 heterocycles. The molecule has 1 atom stereocenters. The van der Waals surface area contributed by atoms with Crippen molar-refractivity contribution in [2.45, 2.75) is 26.9 Å². The molecule has 1 aromatic heterocycles. The molecule has 0 aliphatic rings. The number of hydrogen-bond acceptors (Lipinski definition) is 4. The number of para-hydroxylation sites is 1. The summed E-state index contributed by atoms with van der Waals surface area (Å²) in [6.45, 7) is 5.23. The van der Waals surface area contributed by atoms with Crippen molar-refractivity contribution < 1.29 is 19.1 Å². The lowest BCUT2D eigenvalue weighted by atomic mass is 10.1. The highest BCUT2D eigenvalue weighted by Crippen LogP contribution is 2.21. The summed E-state index contributed by atoms with van der Waals surface area (Å²) in [5, 5.41) is 0.812. The van der Waals surface area contributed by atoms with Crippen LogP contribution in [-0.2, 0) is 9.53 Å². The molecule has 0 radical (unpaired) electrons. The Morgan fingerprint density at radius 3 is 2.65 bits per heavy atom. The van der Waals surface area contributed by atoms with Crippen LogP contribution in [-0.4, -0.2) is 29.4 Å². The molecule has 0 unspecified atom stereocenters. The smallest absolute Gasteiger partial charge is 0.344 e. The number of benzene rings is 2. The maximum absolute atomic E-state index is 12.6. The minimum Gasteiger partial charge on any atom is -0.482 e. The number of aromatic nitrogens is 1. The van der Waals surface area contributed by atoms with E-state index in [9.17, 15) is 9.59 Å². The van der Waals surface area contributed by atoms with Gasteiger partial charge in [0.1, 0.15) is 5.75 Å². The normalized spacial score (nSPS) is 12.0. The predicted molar refractivity (Wildman–Crippen MR) is 99.6 cm³/mol. The van der Waals surface area contributed by atoms with Crippen LogP contribution in [0.4, 0.5) is 0 Å². The van der Waals surface area contributed by atoms with Gasteiger partial charge in [-0.1, -0.05) is 30.3 Å². The number of nitrogens with one attached hydrogen (secondary N) is 1. The first-order chi connectivity index (χ1) is 12.5. The maximum atomic E-state index is 12.6. The molecule has 0 amide bonds. The third-order valence-electron chi connectivity index (χ3n) is 4.43. The molecule has 0 bridgehead atoms. The van der Waals surface area contributed by atoms with Crippen molar-refractivity contribution in [3.63, 3.8) is 0 Å². The molecule has 0 saturated heterocycles. The number of hydrogen-bond donors (Lipinski definition) is 1. The predicted octanol–water partition coefficient (Wildman–Crippen LogP) is 3.98. The Morgan fingerprint density at radius 2 is 1.85 bits per heavy atom. The highest BCUT2D eigenvalue weighted by atomic mass is 16.6. The summed E-state index contributed by atoms with van der Waals surface area (Å²) in [5.41, 5.74) is 3.44. The van der Waals surface area contributed by atoms with Crippen molar-refractivity contribution in [2.24, 2.45) is 0 Å². The van der Waals surface area contributed by atoms with Gasteiger partial charge in [-0.25, -0.2) is 4.79 Å². The van der Waals surface area contributed by atoms with E-state index in [1.54, 1.807) is 19.2 Å². The number of ketones is 1. The van der Waals surface area contributed by atoms with E-state index in [0.29, 0.717) is 11.3 Å². The van der Waals surface area contributed by atoms with Crippen LogP contribution in [0.1, 0.15) is 28.4 Å². The number of esters is 1. The van der Waals surface area contributed by atoms with Crippen LogP contribution in [0.3, 0.4) is 0 Å². The zero-order valence-corrected chi connectivity index (χ0v) is 15.0. The highest BCUT2D eigenvalue weighted by molar-refractivity contribution is 6.10. The average Bonchev–Trinajstić information content (AvgIpc) is 3.06. The van der Waals surface area contributed by atoms with E-state index >= 15 is 0 Å². The fraction of sp³-hybridized carbons (Fsp3) is 0.238. The second-order valence-electron chi connectivity index (χ2n) is 6.23. The molecule has 5 heteroatoms. The van der Waals surface area contributed by atoms with Gasteiger partial charge in [-0.3, -0.25) is 4.79 Å². The van der Waals surface area contributed by atoms with Gasteiger partial charge in [-0.15, -0.1) is 0 Å². The topological polar surface area (TPSA) is 68.4 Å². The molecule has 0 saturated carbocycles. The summed E-state index contributed by atoms with van der Waals surface area (Å²) in [7, 11) is 0. The van der Waals surface area contributed by atoms with Crippen LogP contribution < -0.4 is 4.74 Å². The van der Waals surface area contributed by atoms with E-state index in [0.717, 1.165) is 22.0 Å². The summed E-state index contributed by atoms with van der Waals surface area (Å²) in [5.74, 6) is -0.188. The molecule has 26 heavy (non-hydrogen) atoms. The minimum atomic E-state index is -0.885. The standard InChI is InChI=1S/C21H21NO4/c1-13-7-6-10-19(14(13)2)25-12-20(23)26-15(3)21(24)17-11-22-18-9-5-4-8-16(17)18/h4-11,15,22H,12H2,1-3H3/t15-/m0/s1. The highest BCUT2D eigenvalue weighted by Gasteiger charge is 2.22. The number of aromatic amines is 1. The summed E-state index contributed by atoms with van der Waals surface area (Å²) < 4.78 is 10.8. The molecule has 5 nitrogen and oxygen atoms in total. The first-order valence-electron chi connectivity index (χ1n) is 8.46. The molecule has 1 N–H and O–H groups in total. The van der Waals surface area contributed by atoms with E-state index in [-0.39, 0.29) is 12.4 Å². The van der Waals surface area contributed by atoms with Crippen LogP contribution in [0.2, 0.25) is 0 Å². The lowest BCUT2D eigenvalue weighted by Gasteiger charge is -2.14. The van der Waals surface area contributed by atoms with E-state index < -0.39 is 12.1 Å². The SMILES string of the molecule is Cc1cccc(OCC(=O)O[C@@H](C)C(=O)c2c[nH]c3ccccc23)c1C. The zero-order chi connectivity index (χ0) is 18.7. The summed E-state index contributed by atoms with van der Waals surface area (Å²) in [4.78, 5) is 27.7. The Hall–Kier alpha value is -3.08. The Bertz CT molecular complexity index is 958. The lowest BCUT2D eigenvalue weighted by Crippen LogP contribution is -2.27. The van der Waals surface area contributed by atoms with Crippen molar-refractivity contribution in [2.75, 3.05) is 6.61 Å². The fourth-order valence-electron chi connectivity index (χ4n) is 2.80. The van der Waals surface area contributed by atoms with Crippen LogP contribution >= 0.6 is 0 Å². The summed E-state index contributed by atoms with van der Waals surface area (Å²) in [6, 6.07) is 13.1. The molecule has 3 aromatic rings. The van der Waals surface area contributed by atoms with Gasteiger partial charge in [0.25, 0.3) is 0 Å². The van der Waals surface area contributed by atoms with Crippen molar-refractivity contribution in [3.05, 3.63) is 65.4 Å². The third kappa shape index (κ3) is 3.61. The van der Waals surface area contributed by atoms with Gasteiger partial charge in [0, 0.05) is 22.7 Å². The van der Waals surface area contributed by atoms with Crippen LogP contribution in [0.5, 0.6) is 5.75 Å². The van der Waals surface area contributed by atoms with Gasteiger partial charge in [0.15, 0.2) is 12.7 Å². The molecular weight excluding hydrogens is 330 g/mol. The Labute approximate surface area is 151 Å². The number of aryl methyl sites for hydroxylation is 1. The number of Topliss-reactive ketones (excluding diaryl/α,β-unsaturated/α-hetero) is 1. The molecule has 134 valence electrons. The van der Waals surface area contributed by atoms with Crippen LogP contribution in [0.15, 0.2) is 48.7 Å². The molecule has 0 fully saturated rings. The fourth-order valence-corrected chi connectivity index (χ4v) is 2.80. The van der Waals surface area contributed by atoms with Crippen LogP contribution in [0.25, 0.3) is 10.9 Å². The zero-order valence-electron chi connectivity index (χ0n) is 15.0. The number of fused-ring (bicyclic) bond motifs is 1. The van der Waals surface area contributed by atoms with Gasteiger partial charge in [-0.2, -0.15) is 0 Å². The molecule has 0 spiro atoms. The quantitative estimate of drug-likeness (QED) is 0.539. The Balaban J connectivity index is 1.62. The first kappa shape index (κ1) is 17.7. The Morgan fingerprint density at radius 1 is 1.08 bits per heavy atom. The van der Waals surface area contributed by atoms with Crippen molar-refractivity contribution in [3.8, 4) is 5.75 Å². The third-order valence-corrected chi connectivity index (χ3v) is 4.43. The Kier molecular flexibility index (Phi) is 5.07. The van der Waals surface area contributed by atoms with Gasteiger partial charge >= 0.3 is 5.97 Å². The number of rotatable bonds is 6. The monoisotopic (exact) mass is 351 g/mol. The molecule has 0 aliphatic carbocycles. The largest absolute Gasteiger partial charge is 0.482 e. The maximum Gasteiger partial charge on any atom is 0.344 e. The number of ether oxygens (including phenoxy) is 2. The summed E-state index contributed by atoms with van der Waals surface area (Å²) >= 11 is 0. The van der Waals surface area contributed by atoms with Gasteiger partial charge in [0.2, 0.25) is 5.78 Å². The summed E-state index contributed by atoms with van der Waals surface area (Å²) in [6.07, 6.45) is 0.758. The van der Waals surface area contributed by atoms with E-state index in [2.05, 4.69) is 4.98 Å². The van der Waals surface area contributed by atoms with E-state index in [4.69, 9.17) is 9.47 Å². The number of carbonyl (C=O) groups excluding carboxylic acids is 2. The number of carbonyl (C=O) groups is 2. The molecule has 0 aliphatic heterocycles.